The Morgan fingerprint density at radius 2 is 1.82 bits per heavy atom. The summed E-state index contributed by atoms with van der Waals surface area (Å²) in [5.41, 5.74) is 0. The number of carbonyl (C=O) groups is 2. The molecule has 0 aromatic heterocycles. The second kappa shape index (κ2) is 6.00. The second-order valence-electron chi connectivity index (χ2n) is 4.96. The van der Waals surface area contributed by atoms with Gasteiger partial charge >= 0.3 is 5.97 Å². The number of rotatable bonds is 4. The zero-order valence-electron chi connectivity index (χ0n) is 10.7. The van der Waals surface area contributed by atoms with E-state index in [0.717, 1.165) is 0 Å². The van der Waals surface area contributed by atoms with E-state index in [9.17, 15) is 9.59 Å². The summed E-state index contributed by atoms with van der Waals surface area (Å²) in [6, 6.07) is 0. The molecule has 98 valence electrons. The molecule has 1 N–H and O–H groups in total. The lowest BCUT2D eigenvalue weighted by Gasteiger charge is -2.35. The quantitative estimate of drug-likeness (QED) is 0.803. The summed E-state index contributed by atoms with van der Waals surface area (Å²) in [6.45, 7) is 6.87. The summed E-state index contributed by atoms with van der Waals surface area (Å²) in [4.78, 5) is 24.3. The van der Waals surface area contributed by atoms with E-state index < -0.39 is 5.97 Å². The molecule has 0 aromatic rings. The number of carboxylic acids is 1. The van der Waals surface area contributed by atoms with Crippen molar-refractivity contribution in [3.63, 3.8) is 0 Å². The normalized spacial score (nSPS) is 26.6. The van der Waals surface area contributed by atoms with Crippen molar-refractivity contribution in [3.05, 3.63) is 0 Å². The first-order chi connectivity index (χ1) is 7.88. The highest BCUT2D eigenvalue weighted by molar-refractivity contribution is 5.77. The summed E-state index contributed by atoms with van der Waals surface area (Å²) in [5, 5.41) is 8.65. The number of nitrogens with zero attached hydrogens (tertiary/aromatic N) is 1. The highest BCUT2D eigenvalue weighted by Crippen LogP contribution is 2.15. The molecule has 5 nitrogen and oxygen atoms in total. The molecule has 0 unspecified atom stereocenters. The molecule has 17 heavy (non-hydrogen) atoms. The van der Waals surface area contributed by atoms with Crippen molar-refractivity contribution in [1.82, 2.24) is 4.90 Å². The van der Waals surface area contributed by atoms with Gasteiger partial charge in [0.1, 0.15) is 0 Å². The third-order valence-electron chi connectivity index (χ3n) is 2.82. The van der Waals surface area contributed by atoms with Gasteiger partial charge in [-0.15, -0.1) is 0 Å². The number of amides is 1. The SMILES string of the molecule is C[C@H](CC(=O)O)CC(=O)N1C[C@@H](C)O[C@@H](C)C1. The number of aliphatic carboxylic acids is 1. The van der Waals surface area contributed by atoms with Crippen molar-refractivity contribution in [2.45, 2.75) is 45.8 Å². The maximum Gasteiger partial charge on any atom is 0.303 e. The van der Waals surface area contributed by atoms with E-state index in [1.54, 1.807) is 11.8 Å². The molecule has 1 rings (SSSR count). The Labute approximate surface area is 102 Å². The van der Waals surface area contributed by atoms with Crippen molar-refractivity contribution >= 4 is 11.9 Å². The lowest BCUT2D eigenvalue weighted by molar-refractivity contribution is -0.144. The molecule has 1 aliphatic rings. The van der Waals surface area contributed by atoms with Gasteiger partial charge in [-0.05, 0) is 19.8 Å². The zero-order valence-corrected chi connectivity index (χ0v) is 10.7. The lowest BCUT2D eigenvalue weighted by Crippen LogP contribution is -2.48. The number of carboxylic acid groups (broad SMARTS) is 1. The van der Waals surface area contributed by atoms with E-state index in [2.05, 4.69) is 0 Å². The molecule has 5 heteroatoms. The molecular formula is C12H21NO4. The minimum Gasteiger partial charge on any atom is -0.481 e. The summed E-state index contributed by atoms with van der Waals surface area (Å²) >= 11 is 0. The summed E-state index contributed by atoms with van der Waals surface area (Å²) in [6.07, 6.45) is 0.447. The van der Waals surface area contributed by atoms with Gasteiger partial charge in [0.25, 0.3) is 0 Å². The molecule has 1 saturated heterocycles. The van der Waals surface area contributed by atoms with Crippen molar-refractivity contribution in [2.75, 3.05) is 13.1 Å². The van der Waals surface area contributed by atoms with Gasteiger partial charge in [0.2, 0.25) is 5.91 Å². The van der Waals surface area contributed by atoms with Crippen LogP contribution < -0.4 is 0 Å². The Hall–Kier alpha value is -1.10. The highest BCUT2D eigenvalue weighted by atomic mass is 16.5. The van der Waals surface area contributed by atoms with Crippen LogP contribution in [0.25, 0.3) is 0 Å². The van der Waals surface area contributed by atoms with Gasteiger partial charge < -0.3 is 14.7 Å². The van der Waals surface area contributed by atoms with Crippen LogP contribution >= 0.6 is 0 Å². The largest absolute Gasteiger partial charge is 0.481 e. The first kappa shape index (κ1) is 14.0. The fourth-order valence-electron chi connectivity index (χ4n) is 2.18. The van der Waals surface area contributed by atoms with Crippen LogP contribution in [0.15, 0.2) is 0 Å². The van der Waals surface area contributed by atoms with Crippen LogP contribution in [-0.2, 0) is 14.3 Å². The topological polar surface area (TPSA) is 66.8 Å². The molecule has 0 spiro atoms. The van der Waals surface area contributed by atoms with Crippen molar-refractivity contribution < 1.29 is 19.4 Å². The third kappa shape index (κ3) is 4.73. The predicted octanol–water partition coefficient (Wildman–Crippen LogP) is 1.12. The first-order valence-electron chi connectivity index (χ1n) is 6.03. The zero-order chi connectivity index (χ0) is 13.0. The lowest BCUT2D eigenvalue weighted by atomic mass is 10.0. The molecule has 1 amide bonds. The van der Waals surface area contributed by atoms with Crippen LogP contribution in [0.1, 0.15) is 33.6 Å². The second-order valence-corrected chi connectivity index (χ2v) is 4.96. The van der Waals surface area contributed by atoms with E-state index in [-0.39, 0.29) is 30.5 Å². The standard InChI is InChI=1S/C12H21NO4/c1-8(5-12(15)16)4-11(14)13-6-9(2)17-10(3)7-13/h8-10H,4-7H2,1-3H3,(H,15,16)/t8-,9-,10+/m0/s1. The molecule has 0 bridgehead atoms. The Balaban J connectivity index is 2.43. The monoisotopic (exact) mass is 243 g/mol. The smallest absolute Gasteiger partial charge is 0.303 e. The Morgan fingerprint density at radius 3 is 2.29 bits per heavy atom. The molecule has 3 atom stereocenters. The van der Waals surface area contributed by atoms with Gasteiger partial charge in [0, 0.05) is 25.9 Å². The number of carbonyl (C=O) groups excluding carboxylic acids is 1. The highest BCUT2D eigenvalue weighted by Gasteiger charge is 2.26. The number of morpholine rings is 1. The first-order valence-corrected chi connectivity index (χ1v) is 6.03. The molecule has 0 aromatic carbocycles. The van der Waals surface area contributed by atoms with Crippen LogP contribution in [0.4, 0.5) is 0 Å². The van der Waals surface area contributed by atoms with Gasteiger partial charge in [-0.3, -0.25) is 9.59 Å². The molecular weight excluding hydrogens is 222 g/mol. The minimum atomic E-state index is -0.853. The van der Waals surface area contributed by atoms with Crippen molar-refractivity contribution in [3.8, 4) is 0 Å². The number of ether oxygens (including phenoxy) is 1. The van der Waals surface area contributed by atoms with Gasteiger partial charge in [0.15, 0.2) is 0 Å². The number of hydrogen-bond donors (Lipinski definition) is 1. The molecule has 0 saturated carbocycles. The van der Waals surface area contributed by atoms with Crippen molar-refractivity contribution in [2.24, 2.45) is 5.92 Å². The van der Waals surface area contributed by atoms with Crippen LogP contribution in [0.2, 0.25) is 0 Å². The van der Waals surface area contributed by atoms with Gasteiger partial charge in [-0.2, -0.15) is 0 Å². The predicted molar refractivity (Wildman–Crippen MR) is 62.6 cm³/mol. The van der Waals surface area contributed by atoms with Crippen LogP contribution in [0.3, 0.4) is 0 Å². The molecule has 1 aliphatic heterocycles. The van der Waals surface area contributed by atoms with E-state index >= 15 is 0 Å². The minimum absolute atomic E-state index is 0.0285. The fourth-order valence-corrected chi connectivity index (χ4v) is 2.18. The molecule has 1 heterocycles. The Bertz CT molecular complexity index is 282. The van der Waals surface area contributed by atoms with Crippen LogP contribution in [0, 0.1) is 5.92 Å². The average Bonchev–Trinajstić information content (AvgIpc) is 2.14. The number of hydrogen-bond acceptors (Lipinski definition) is 3. The molecule has 0 aliphatic carbocycles. The Morgan fingerprint density at radius 1 is 1.29 bits per heavy atom. The van der Waals surface area contributed by atoms with Gasteiger partial charge in [-0.25, -0.2) is 0 Å². The Kier molecular flexibility index (Phi) is 4.93. The summed E-state index contributed by atoms with van der Waals surface area (Å²) in [5.74, 6) is -0.941. The third-order valence-corrected chi connectivity index (χ3v) is 2.82. The van der Waals surface area contributed by atoms with Crippen molar-refractivity contribution in [1.29, 1.82) is 0 Å². The van der Waals surface area contributed by atoms with E-state index in [1.165, 1.54) is 0 Å². The van der Waals surface area contributed by atoms with E-state index in [4.69, 9.17) is 9.84 Å². The van der Waals surface area contributed by atoms with E-state index in [1.807, 2.05) is 13.8 Å². The van der Waals surface area contributed by atoms with Gasteiger partial charge in [-0.1, -0.05) is 6.92 Å². The molecule has 1 fully saturated rings. The summed E-state index contributed by atoms with van der Waals surface area (Å²) < 4.78 is 5.55. The van der Waals surface area contributed by atoms with Crippen LogP contribution in [-0.4, -0.2) is 47.2 Å². The molecule has 0 radical (unpaired) electrons. The van der Waals surface area contributed by atoms with Gasteiger partial charge in [0.05, 0.1) is 12.2 Å². The van der Waals surface area contributed by atoms with E-state index in [0.29, 0.717) is 19.5 Å². The maximum absolute atomic E-state index is 12.0. The maximum atomic E-state index is 12.0. The fraction of sp³-hybridized carbons (Fsp3) is 0.833. The van der Waals surface area contributed by atoms with Crippen LogP contribution in [0.5, 0.6) is 0 Å². The summed E-state index contributed by atoms with van der Waals surface area (Å²) in [7, 11) is 0. The average molecular weight is 243 g/mol.